The van der Waals surface area contributed by atoms with E-state index in [0.717, 1.165) is 32.0 Å². The predicted molar refractivity (Wildman–Crippen MR) is 96.1 cm³/mol. The number of amides is 2. The Morgan fingerprint density at radius 3 is 2.92 bits per heavy atom. The Bertz CT molecular complexity index is 542. The van der Waals surface area contributed by atoms with Crippen LogP contribution in [-0.4, -0.2) is 47.6 Å². The molecule has 5 nitrogen and oxygen atoms in total. The van der Waals surface area contributed by atoms with E-state index in [2.05, 4.69) is 27.4 Å². The zero-order valence-electron chi connectivity index (χ0n) is 14.8. The average molecular weight is 330 g/mol. The van der Waals surface area contributed by atoms with Crippen LogP contribution in [0.3, 0.4) is 0 Å². The number of nitrogens with one attached hydrogen (secondary N) is 2. The van der Waals surface area contributed by atoms with Gasteiger partial charge in [-0.3, -0.25) is 9.88 Å². The molecular formula is C19H30N4O. The maximum atomic E-state index is 12.1. The van der Waals surface area contributed by atoms with E-state index in [0.29, 0.717) is 12.6 Å². The summed E-state index contributed by atoms with van der Waals surface area (Å²) >= 11 is 0. The van der Waals surface area contributed by atoms with Gasteiger partial charge in [-0.2, -0.15) is 0 Å². The number of carbonyl (C=O) groups excluding carboxylic acids is 1. The first-order valence-electron chi connectivity index (χ1n) is 9.40. The summed E-state index contributed by atoms with van der Waals surface area (Å²) in [6.07, 6.45) is 12.4. The maximum absolute atomic E-state index is 12.1. The van der Waals surface area contributed by atoms with E-state index < -0.39 is 0 Å². The standard InChI is InChI=1S/C19H30N4O/c1-15-7-10-20-13-16(15)8-11-21-19(24)22-17-9-12-23(14-17)18-5-3-2-4-6-18/h7,10,13,17-18H,2-6,8-9,11-12,14H2,1H3,(H2,21,22,24). The van der Waals surface area contributed by atoms with E-state index >= 15 is 0 Å². The van der Waals surface area contributed by atoms with Crippen molar-refractivity contribution in [1.29, 1.82) is 0 Å². The molecular weight excluding hydrogens is 300 g/mol. The van der Waals surface area contributed by atoms with Gasteiger partial charge in [0.15, 0.2) is 0 Å². The molecule has 1 saturated heterocycles. The van der Waals surface area contributed by atoms with Crippen molar-refractivity contribution in [3.05, 3.63) is 29.6 Å². The van der Waals surface area contributed by atoms with Crippen molar-refractivity contribution >= 4 is 6.03 Å². The van der Waals surface area contributed by atoms with Crippen LogP contribution in [-0.2, 0) is 6.42 Å². The molecule has 132 valence electrons. The summed E-state index contributed by atoms with van der Waals surface area (Å²) in [7, 11) is 0. The molecule has 24 heavy (non-hydrogen) atoms. The van der Waals surface area contributed by atoms with E-state index in [1.54, 1.807) is 6.20 Å². The number of urea groups is 1. The van der Waals surface area contributed by atoms with Crippen LogP contribution < -0.4 is 10.6 Å². The van der Waals surface area contributed by atoms with Gasteiger partial charge in [0.25, 0.3) is 0 Å². The van der Waals surface area contributed by atoms with Crippen LogP contribution >= 0.6 is 0 Å². The van der Waals surface area contributed by atoms with Crippen LogP contribution in [0.25, 0.3) is 0 Å². The smallest absolute Gasteiger partial charge is 0.315 e. The van der Waals surface area contributed by atoms with E-state index in [9.17, 15) is 4.79 Å². The summed E-state index contributed by atoms with van der Waals surface area (Å²) in [6, 6.07) is 3.02. The van der Waals surface area contributed by atoms with Crippen LogP contribution in [0.15, 0.2) is 18.5 Å². The SMILES string of the molecule is Cc1ccncc1CCNC(=O)NC1CCN(C2CCCCC2)C1. The number of hydrogen-bond acceptors (Lipinski definition) is 3. The van der Waals surface area contributed by atoms with Crippen molar-refractivity contribution in [2.45, 2.75) is 64.0 Å². The first-order chi connectivity index (χ1) is 11.7. The predicted octanol–water partition coefficient (Wildman–Crippen LogP) is 2.64. The number of aryl methyl sites for hydroxylation is 1. The van der Waals surface area contributed by atoms with Crippen LogP contribution in [0.5, 0.6) is 0 Å². The highest BCUT2D eigenvalue weighted by Gasteiger charge is 2.29. The molecule has 2 amide bonds. The summed E-state index contributed by atoms with van der Waals surface area (Å²) in [5.74, 6) is 0. The molecule has 0 aromatic carbocycles. The quantitative estimate of drug-likeness (QED) is 0.872. The molecule has 1 aromatic rings. The van der Waals surface area contributed by atoms with Crippen LogP contribution in [0.2, 0.25) is 0 Å². The molecule has 2 N–H and O–H groups in total. The molecule has 2 fully saturated rings. The first kappa shape index (κ1) is 17.2. The van der Waals surface area contributed by atoms with Gasteiger partial charge in [0.1, 0.15) is 0 Å². The molecule has 0 spiro atoms. The number of rotatable bonds is 5. The number of pyridine rings is 1. The third kappa shape index (κ3) is 4.69. The number of aromatic nitrogens is 1. The maximum Gasteiger partial charge on any atom is 0.315 e. The Kier molecular flexibility index (Phi) is 6.07. The highest BCUT2D eigenvalue weighted by atomic mass is 16.2. The second-order valence-electron chi connectivity index (χ2n) is 7.22. The zero-order valence-corrected chi connectivity index (χ0v) is 14.8. The molecule has 2 heterocycles. The Morgan fingerprint density at radius 1 is 1.29 bits per heavy atom. The van der Waals surface area contributed by atoms with E-state index in [1.807, 2.05) is 12.3 Å². The van der Waals surface area contributed by atoms with E-state index in [-0.39, 0.29) is 6.03 Å². The van der Waals surface area contributed by atoms with Crippen molar-refractivity contribution < 1.29 is 4.79 Å². The minimum Gasteiger partial charge on any atom is -0.338 e. The lowest BCUT2D eigenvalue weighted by Gasteiger charge is -2.31. The lowest BCUT2D eigenvalue weighted by molar-refractivity contribution is 0.186. The summed E-state index contributed by atoms with van der Waals surface area (Å²) < 4.78 is 0. The van der Waals surface area contributed by atoms with Gasteiger partial charge in [-0.1, -0.05) is 19.3 Å². The second-order valence-corrected chi connectivity index (χ2v) is 7.22. The fourth-order valence-electron chi connectivity index (χ4n) is 3.99. The molecule has 1 aromatic heterocycles. The summed E-state index contributed by atoms with van der Waals surface area (Å²) in [5, 5.41) is 6.12. The Labute approximate surface area is 145 Å². The van der Waals surface area contributed by atoms with Crippen molar-refractivity contribution in [2.75, 3.05) is 19.6 Å². The average Bonchev–Trinajstić information content (AvgIpc) is 3.06. The lowest BCUT2D eigenvalue weighted by atomic mass is 9.94. The van der Waals surface area contributed by atoms with Crippen LogP contribution in [0, 0.1) is 6.92 Å². The van der Waals surface area contributed by atoms with E-state index in [4.69, 9.17) is 0 Å². The number of hydrogen-bond donors (Lipinski definition) is 2. The number of carbonyl (C=O) groups is 1. The molecule has 0 radical (unpaired) electrons. The fourth-order valence-corrected chi connectivity index (χ4v) is 3.99. The summed E-state index contributed by atoms with van der Waals surface area (Å²) in [5.41, 5.74) is 2.42. The van der Waals surface area contributed by atoms with Crippen molar-refractivity contribution in [1.82, 2.24) is 20.5 Å². The zero-order chi connectivity index (χ0) is 16.8. The van der Waals surface area contributed by atoms with Gasteiger partial charge < -0.3 is 10.6 Å². The van der Waals surface area contributed by atoms with Gasteiger partial charge in [-0.05, 0) is 49.8 Å². The van der Waals surface area contributed by atoms with Crippen LogP contribution in [0.4, 0.5) is 4.79 Å². The van der Waals surface area contributed by atoms with Crippen molar-refractivity contribution in [3.63, 3.8) is 0 Å². The number of likely N-dealkylation sites (tertiary alicyclic amines) is 1. The minimum absolute atomic E-state index is 0.0352. The highest BCUT2D eigenvalue weighted by Crippen LogP contribution is 2.25. The normalized spacial score (nSPS) is 22.5. The van der Waals surface area contributed by atoms with E-state index in [1.165, 1.54) is 43.2 Å². The lowest BCUT2D eigenvalue weighted by Crippen LogP contribution is -2.45. The van der Waals surface area contributed by atoms with Gasteiger partial charge in [0.2, 0.25) is 0 Å². The largest absolute Gasteiger partial charge is 0.338 e. The van der Waals surface area contributed by atoms with Crippen molar-refractivity contribution in [2.24, 2.45) is 0 Å². The van der Waals surface area contributed by atoms with Crippen molar-refractivity contribution in [3.8, 4) is 0 Å². The first-order valence-corrected chi connectivity index (χ1v) is 9.40. The third-order valence-electron chi connectivity index (χ3n) is 5.47. The van der Waals surface area contributed by atoms with Crippen LogP contribution in [0.1, 0.15) is 49.7 Å². The molecule has 1 aliphatic carbocycles. The van der Waals surface area contributed by atoms with Gasteiger partial charge >= 0.3 is 6.03 Å². The molecule has 1 aliphatic heterocycles. The summed E-state index contributed by atoms with van der Waals surface area (Å²) in [6.45, 7) is 4.87. The highest BCUT2D eigenvalue weighted by molar-refractivity contribution is 5.74. The van der Waals surface area contributed by atoms with Gasteiger partial charge in [0, 0.05) is 44.1 Å². The fraction of sp³-hybridized carbons (Fsp3) is 0.684. The van der Waals surface area contributed by atoms with Gasteiger partial charge in [0.05, 0.1) is 0 Å². The Morgan fingerprint density at radius 2 is 2.12 bits per heavy atom. The number of nitrogens with zero attached hydrogens (tertiary/aromatic N) is 2. The molecule has 1 unspecified atom stereocenters. The molecule has 0 bridgehead atoms. The molecule has 3 rings (SSSR count). The molecule has 1 atom stereocenters. The Balaban J connectivity index is 1.36. The molecule has 1 saturated carbocycles. The molecule has 5 heteroatoms. The monoisotopic (exact) mass is 330 g/mol. The minimum atomic E-state index is -0.0352. The second kappa shape index (κ2) is 8.47. The van der Waals surface area contributed by atoms with Gasteiger partial charge in [-0.15, -0.1) is 0 Å². The Hall–Kier alpha value is -1.62. The third-order valence-corrected chi connectivity index (χ3v) is 5.47. The summed E-state index contributed by atoms with van der Waals surface area (Å²) in [4.78, 5) is 18.8. The van der Waals surface area contributed by atoms with Gasteiger partial charge in [-0.25, -0.2) is 4.79 Å². The topological polar surface area (TPSA) is 57.3 Å². The molecule has 2 aliphatic rings.